The lowest BCUT2D eigenvalue weighted by atomic mass is 9.82. The fourth-order valence-corrected chi connectivity index (χ4v) is 2.95. The lowest BCUT2D eigenvalue weighted by molar-refractivity contribution is -0.118. The Balaban J connectivity index is 2.19. The van der Waals surface area contributed by atoms with Gasteiger partial charge in [0.15, 0.2) is 0 Å². The fraction of sp³-hybridized carbons (Fsp3) is 0.533. The topological polar surface area (TPSA) is 43.1 Å². The van der Waals surface area contributed by atoms with Crippen molar-refractivity contribution in [2.45, 2.75) is 44.9 Å². The van der Waals surface area contributed by atoms with Gasteiger partial charge in [-0.3, -0.25) is 4.79 Å². The van der Waals surface area contributed by atoms with Crippen LogP contribution in [0.1, 0.15) is 49.1 Å². The molecular weight excluding hydrogens is 210 g/mol. The SMILES string of the molecule is Cc1ccc(C(CC(N)=O)C2CCCC2)cc1. The van der Waals surface area contributed by atoms with E-state index in [1.54, 1.807) is 0 Å². The molecule has 1 atom stereocenters. The van der Waals surface area contributed by atoms with Crippen molar-refractivity contribution in [2.75, 3.05) is 0 Å². The molecule has 0 bridgehead atoms. The molecule has 1 aromatic rings. The number of nitrogens with two attached hydrogens (primary N) is 1. The Morgan fingerprint density at radius 2 is 1.88 bits per heavy atom. The molecule has 2 heteroatoms. The Hall–Kier alpha value is -1.31. The summed E-state index contributed by atoms with van der Waals surface area (Å²) in [6.07, 6.45) is 5.57. The maximum atomic E-state index is 11.2. The number of rotatable bonds is 4. The van der Waals surface area contributed by atoms with Gasteiger partial charge in [-0.15, -0.1) is 0 Å². The van der Waals surface area contributed by atoms with Crippen LogP contribution in [-0.2, 0) is 4.79 Å². The average molecular weight is 231 g/mol. The minimum absolute atomic E-state index is 0.178. The molecule has 1 amide bonds. The zero-order valence-electron chi connectivity index (χ0n) is 10.5. The predicted octanol–water partition coefficient (Wildman–Crippen LogP) is 3.14. The molecule has 1 aromatic carbocycles. The highest BCUT2D eigenvalue weighted by Gasteiger charge is 2.27. The number of carbonyl (C=O) groups is 1. The third kappa shape index (κ3) is 3.09. The zero-order valence-corrected chi connectivity index (χ0v) is 10.5. The number of hydrogen-bond acceptors (Lipinski definition) is 1. The smallest absolute Gasteiger partial charge is 0.218 e. The van der Waals surface area contributed by atoms with Crippen LogP contribution in [0.3, 0.4) is 0 Å². The van der Waals surface area contributed by atoms with Crippen molar-refractivity contribution in [1.82, 2.24) is 0 Å². The van der Waals surface area contributed by atoms with Gasteiger partial charge in [0.1, 0.15) is 0 Å². The fourth-order valence-electron chi connectivity index (χ4n) is 2.95. The van der Waals surface area contributed by atoms with Gasteiger partial charge in [-0.25, -0.2) is 0 Å². The van der Waals surface area contributed by atoms with Crippen LogP contribution in [0.25, 0.3) is 0 Å². The lowest BCUT2D eigenvalue weighted by Gasteiger charge is -2.22. The maximum Gasteiger partial charge on any atom is 0.218 e. The summed E-state index contributed by atoms with van der Waals surface area (Å²) in [6.45, 7) is 2.09. The van der Waals surface area contributed by atoms with Gasteiger partial charge in [-0.2, -0.15) is 0 Å². The molecule has 0 aliphatic heterocycles. The first-order valence-corrected chi connectivity index (χ1v) is 6.51. The molecule has 0 spiro atoms. The quantitative estimate of drug-likeness (QED) is 0.850. The molecule has 17 heavy (non-hydrogen) atoms. The number of aryl methyl sites for hydroxylation is 1. The highest BCUT2D eigenvalue weighted by Crippen LogP contribution is 2.39. The van der Waals surface area contributed by atoms with E-state index in [-0.39, 0.29) is 5.91 Å². The maximum absolute atomic E-state index is 11.2. The summed E-state index contributed by atoms with van der Waals surface area (Å²) in [5, 5.41) is 0. The van der Waals surface area contributed by atoms with E-state index < -0.39 is 0 Å². The summed E-state index contributed by atoms with van der Waals surface area (Å²) in [5.74, 6) is 0.795. The van der Waals surface area contributed by atoms with E-state index in [9.17, 15) is 4.79 Å². The van der Waals surface area contributed by atoms with Crippen LogP contribution in [0, 0.1) is 12.8 Å². The second-order valence-electron chi connectivity index (χ2n) is 5.23. The molecule has 0 radical (unpaired) electrons. The summed E-state index contributed by atoms with van der Waals surface area (Å²) in [5.41, 5.74) is 7.93. The van der Waals surface area contributed by atoms with E-state index in [0.29, 0.717) is 18.3 Å². The second kappa shape index (κ2) is 5.35. The van der Waals surface area contributed by atoms with Gasteiger partial charge in [0.2, 0.25) is 5.91 Å². The van der Waals surface area contributed by atoms with Crippen LogP contribution in [0.15, 0.2) is 24.3 Å². The Bertz CT molecular complexity index is 376. The molecule has 1 aliphatic rings. The van der Waals surface area contributed by atoms with Gasteiger partial charge in [-0.05, 0) is 37.2 Å². The Morgan fingerprint density at radius 3 is 2.41 bits per heavy atom. The van der Waals surface area contributed by atoms with Crippen LogP contribution in [0.2, 0.25) is 0 Å². The molecule has 0 aromatic heterocycles. The van der Waals surface area contributed by atoms with Crippen molar-refractivity contribution < 1.29 is 4.79 Å². The van der Waals surface area contributed by atoms with Gasteiger partial charge in [0, 0.05) is 6.42 Å². The lowest BCUT2D eigenvalue weighted by Crippen LogP contribution is -2.20. The number of hydrogen-bond donors (Lipinski definition) is 1. The van der Waals surface area contributed by atoms with Crippen LogP contribution in [0.4, 0.5) is 0 Å². The van der Waals surface area contributed by atoms with Gasteiger partial charge >= 0.3 is 0 Å². The van der Waals surface area contributed by atoms with Crippen LogP contribution < -0.4 is 5.73 Å². The van der Waals surface area contributed by atoms with Crippen molar-refractivity contribution >= 4 is 5.91 Å². The third-order valence-corrected chi connectivity index (χ3v) is 3.90. The monoisotopic (exact) mass is 231 g/mol. The third-order valence-electron chi connectivity index (χ3n) is 3.90. The van der Waals surface area contributed by atoms with Gasteiger partial charge < -0.3 is 5.73 Å². The van der Waals surface area contributed by atoms with Crippen molar-refractivity contribution in [3.05, 3.63) is 35.4 Å². The average Bonchev–Trinajstić information content (AvgIpc) is 2.80. The molecule has 1 saturated carbocycles. The van der Waals surface area contributed by atoms with Crippen LogP contribution in [-0.4, -0.2) is 5.91 Å². The molecule has 1 fully saturated rings. The van der Waals surface area contributed by atoms with Crippen molar-refractivity contribution in [1.29, 1.82) is 0 Å². The minimum atomic E-state index is -0.178. The number of carbonyl (C=O) groups excluding carboxylic acids is 1. The number of benzene rings is 1. The second-order valence-corrected chi connectivity index (χ2v) is 5.23. The van der Waals surface area contributed by atoms with E-state index in [0.717, 1.165) is 0 Å². The molecule has 0 heterocycles. The van der Waals surface area contributed by atoms with Gasteiger partial charge in [0.05, 0.1) is 0 Å². The molecule has 2 nitrogen and oxygen atoms in total. The van der Waals surface area contributed by atoms with E-state index in [2.05, 4.69) is 31.2 Å². The summed E-state index contributed by atoms with van der Waals surface area (Å²) in [6, 6.07) is 8.55. The van der Waals surface area contributed by atoms with E-state index in [1.807, 2.05) is 0 Å². The first-order chi connectivity index (χ1) is 8.16. The Labute approximate surface area is 103 Å². The molecule has 0 saturated heterocycles. The first-order valence-electron chi connectivity index (χ1n) is 6.51. The van der Waals surface area contributed by atoms with E-state index in [4.69, 9.17) is 5.73 Å². The van der Waals surface area contributed by atoms with Crippen molar-refractivity contribution in [3.63, 3.8) is 0 Å². The highest BCUT2D eigenvalue weighted by atomic mass is 16.1. The summed E-state index contributed by atoms with van der Waals surface area (Å²) in [7, 11) is 0. The molecule has 1 aliphatic carbocycles. The number of amides is 1. The van der Waals surface area contributed by atoms with Gasteiger partial charge in [0.25, 0.3) is 0 Å². The zero-order chi connectivity index (χ0) is 12.3. The van der Waals surface area contributed by atoms with Crippen molar-refractivity contribution in [3.8, 4) is 0 Å². The first kappa shape index (κ1) is 12.2. The van der Waals surface area contributed by atoms with E-state index in [1.165, 1.54) is 36.8 Å². The molecular formula is C15H21NO. The highest BCUT2D eigenvalue weighted by molar-refractivity contribution is 5.74. The largest absolute Gasteiger partial charge is 0.370 e. The van der Waals surface area contributed by atoms with Gasteiger partial charge in [-0.1, -0.05) is 42.7 Å². The Morgan fingerprint density at radius 1 is 1.29 bits per heavy atom. The predicted molar refractivity (Wildman–Crippen MR) is 69.7 cm³/mol. The molecule has 1 unspecified atom stereocenters. The molecule has 2 rings (SSSR count). The van der Waals surface area contributed by atoms with Crippen LogP contribution >= 0.6 is 0 Å². The van der Waals surface area contributed by atoms with E-state index >= 15 is 0 Å². The minimum Gasteiger partial charge on any atom is -0.370 e. The standard InChI is InChI=1S/C15H21NO/c1-11-6-8-13(9-7-11)14(10-15(16)17)12-4-2-3-5-12/h6-9,12,14H,2-5,10H2,1H3,(H2,16,17). The summed E-state index contributed by atoms with van der Waals surface area (Å²) >= 11 is 0. The summed E-state index contributed by atoms with van der Waals surface area (Å²) in [4.78, 5) is 11.2. The Kier molecular flexibility index (Phi) is 3.82. The summed E-state index contributed by atoms with van der Waals surface area (Å²) < 4.78 is 0. The van der Waals surface area contributed by atoms with Crippen molar-refractivity contribution in [2.24, 2.45) is 11.7 Å². The van der Waals surface area contributed by atoms with Crippen LogP contribution in [0.5, 0.6) is 0 Å². The number of primary amides is 1. The normalized spacial score (nSPS) is 18.2. The molecule has 92 valence electrons. The molecule has 2 N–H and O–H groups in total.